The summed E-state index contributed by atoms with van der Waals surface area (Å²) in [5, 5.41) is 9.91. The third-order valence-corrected chi connectivity index (χ3v) is 6.96. The number of hydrogen-bond donors (Lipinski definition) is 2. The maximum atomic E-state index is 13.3. The number of hydrogen-bond acceptors (Lipinski definition) is 6. The Kier molecular flexibility index (Phi) is 7.89. The van der Waals surface area contributed by atoms with Gasteiger partial charge in [0.05, 0.1) is 11.4 Å². The van der Waals surface area contributed by atoms with Crippen LogP contribution in [0.4, 0.5) is 17.1 Å². The van der Waals surface area contributed by atoms with Crippen LogP contribution in [0.5, 0.6) is 0 Å². The quantitative estimate of drug-likeness (QED) is 0.232. The van der Waals surface area contributed by atoms with Gasteiger partial charge in [-0.05, 0) is 75.0 Å². The molecule has 2 heterocycles. The van der Waals surface area contributed by atoms with Gasteiger partial charge in [-0.1, -0.05) is 36.4 Å². The first kappa shape index (κ1) is 27.7. The monoisotopic (exact) mass is 548 g/mol. The van der Waals surface area contributed by atoms with Gasteiger partial charge in [-0.3, -0.25) is 24.1 Å². The van der Waals surface area contributed by atoms with Gasteiger partial charge in [0.1, 0.15) is 11.6 Å². The summed E-state index contributed by atoms with van der Waals surface area (Å²) < 4.78 is 1.51. The van der Waals surface area contributed by atoms with E-state index in [1.165, 1.54) is 10.2 Å². The minimum absolute atomic E-state index is 0.189. The fourth-order valence-corrected chi connectivity index (χ4v) is 4.76. The summed E-state index contributed by atoms with van der Waals surface area (Å²) in [5.41, 5.74) is 5.87. The van der Waals surface area contributed by atoms with Gasteiger partial charge in [0.25, 0.3) is 5.91 Å². The van der Waals surface area contributed by atoms with Crippen LogP contribution in [-0.2, 0) is 18.3 Å². The van der Waals surface area contributed by atoms with Gasteiger partial charge in [0.15, 0.2) is 5.78 Å². The van der Waals surface area contributed by atoms with Crippen molar-refractivity contribution in [3.05, 3.63) is 106 Å². The third kappa shape index (κ3) is 6.31. The number of carbonyl (C=O) groups is 3. The first-order valence-corrected chi connectivity index (χ1v) is 13.4. The van der Waals surface area contributed by atoms with Crippen molar-refractivity contribution in [2.75, 3.05) is 31.3 Å². The molecule has 1 atom stereocenters. The lowest BCUT2D eigenvalue weighted by molar-refractivity contribution is -0.115. The first-order chi connectivity index (χ1) is 19.7. The second-order valence-electron chi connectivity index (χ2n) is 10.4. The van der Waals surface area contributed by atoms with Crippen molar-refractivity contribution < 1.29 is 14.4 Å². The van der Waals surface area contributed by atoms with Crippen molar-refractivity contribution in [1.29, 1.82) is 0 Å². The summed E-state index contributed by atoms with van der Waals surface area (Å²) in [4.78, 5) is 45.5. The van der Waals surface area contributed by atoms with Gasteiger partial charge in [0, 0.05) is 42.3 Å². The fraction of sp³-hybridized carbons (Fsp3) is 0.219. The average Bonchev–Trinajstić information content (AvgIpc) is 3.46. The van der Waals surface area contributed by atoms with Crippen LogP contribution in [0.3, 0.4) is 0 Å². The molecule has 0 saturated heterocycles. The molecule has 9 nitrogen and oxygen atoms in total. The fourth-order valence-electron chi connectivity index (χ4n) is 4.76. The lowest BCUT2D eigenvalue weighted by Crippen LogP contribution is -2.16. The van der Waals surface area contributed by atoms with Crippen LogP contribution in [0.1, 0.15) is 49.1 Å². The number of nitrogens with one attached hydrogen (secondary N) is 2. The molecule has 0 bridgehead atoms. The van der Waals surface area contributed by atoms with Crippen LogP contribution in [0.15, 0.2) is 77.8 Å². The highest BCUT2D eigenvalue weighted by Crippen LogP contribution is 2.33. The normalized spacial score (nSPS) is 14.4. The number of benzene rings is 3. The number of likely N-dealkylation sites (N-methyl/N-ethyl adjacent to an activating group) is 1. The molecule has 0 spiro atoms. The Labute approximate surface area is 238 Å². The highest BCUT2D eigenvalue weighted by molar-refractivity contribution is 6.15. The van der Waals surface area contributed by atoms with Crippen LogP contribution in [0.25, 0.3) is 0 Å². The Morgan fingerprint density at radius 2 is 1.80 bits per heavy atom. The Hall–Kier alpha value is -4.89. The molecule has 1 aliphatic heterocycles. The second-order valence-corrected chi connectivity index (χ2v) is 10.4. The number of rotatable bonds is 9. The molecule has 0 aliphatic carbocycles. The Morgan fingerprint density at radius 3 is 2.51 bits per heavy atom. The zero-order chi connectivity index (χ0) is 29.1. The molecule has 2 amide bonds. The molecule has 1 aromatic heterocycles. The van der Waals surface area contributed by atoms with Gasteiger partial charge in [-0.2, -0.15) is 5.10 Å². The van der Waals surface area contributed by atoms with Crippen molar-refractivity contribution in [1.82, 2.24) is 14.7 Å². The number of amides is 2. The minimum Gasteiger partial charge on any atom is -0.325 e. The molecule has 1 aliphatic rings. The smallest absolute Gasteiger partial charge is 0.273 e. The molecule has 1 unspecified atom stereocenters. The highest BCUT2D eigenvalue weighted by atomic mass is 16.2. The molecule has 2 N–H and O–H groups in total. The molecule has 0 saturated carbocycles. The summed E-state index contributed by atoms with van der Waals surface area (Å²) in [5.74, 6) is -1.27. The van der Waals surface area contributed by atoms with E-state index in [0.29, 0.717) is 28.2 Å². The van der Waals surface area contributed by atoms with Crippen LogP contribution in [0.2, 0.25) is 0 Å². The van der Waals surface area contributed by atoms with E-state index in [1.54, 1.807) is 61.8 Å². The van der Waals surface area contributed by atoms with Crippen LogP contribution >= 0.6 is 0 Å². The van der Waals surface area contributed by atoms with E-state index in [1.807, 2.05) is 33.2 Å². The molecule has 208 valence electrons. The van der Waals surface area contributed by atoms with Crippen molar-refractivity contribution in [3.8, 4) is 0 Å². The second kappa shape index (κ2) is 11.7. The topological polar surface area (TPSA) is 109 Å². The molecule has 3 aromatic carbocycles. The predicted molar refractivity (Wildman–Crippen MR) is 160 cm³/mol. The van der Waals surface area contributed by atoms with Crippen molar-refractivity contribution >= 4 is 40.9 Å². The summed E-state index contributed by atoms with van der Waals surface area (Å²) in [6.45, 7) is 2.79. The summed E-state index contributed by atoms with van der Waals surface area (Å²) in [6, 6.07) is 21.7. The zero-order valence-corrected chi connectivity index (χ0v) is 23.5. The lowest BCUT2D eigenvalue weighted by Gasteiger charge is -2.09. The van der Waals surface area contributed by atoms with Crippen molar-refractivity contribution in [3.63, 3.8) is 0 Å². The number of nitrogens with zero attached hydrogens (tertiary/aromatic N) is 4. The number of anilines is 2. The standard InChI is InChI=1S/C32H32N6O3/c1-20-16-29(38(4)36-20)32(41)34-25-7-5-6-22(17-25)30(39)23-10-13-26-27(31(40)35-28(26)18-23)19-33-24-11-8-21(9-12-24)14-15-37(2)3/h5-13,16-19,27H,14-15H2,1-4H3,(H,34,41)(H,35,40). The van der Waals surface area contributed by atoms with Gasteiger partial charge >= 0.3 is 0 Å². The largest absolute Gasteiger partial charge is 0.325 e. The zero-order valence-electron chi connectivity index (χ0n) is 23.5. The molecular formula is C32H32N6O3. The third-order valence-electron chi connectivity index (χ3n) is 6.96. The number of aryl methyl sites for hydroxylation is 2. The van der Waals surface area contributed by atoms with Crippen molar-refractivity contribution in [2.45, 2.75) is 19.3 Å². The van der Waals surface area contributed by atoms with E-state index in [2.05, 4.69) is 37.8 Å². The molecular weight excluding hydrogens is 516 g/mol. The molecule has 0 radical (unpaired) electrons. The Morgan fingerprint density at radius 1 is 1.05 bits per heavy atom. The Balaban J connectivity index is 1.28. The molecule has 0 fully saturated rings. The number of carbonyl (C=O) groups excluding carboxylic acids is 3. The van der Waals surface area contributed by atoms with Crippen LogP contribution in [0, 0.1) is 6.92 Å². The molecule has 4 aromatic rings. The summed E-state index contributed by atoms with van der Waals surface area (Å²) in [6.07, 6.45) is 2.60. The number of ketones is 1. The molecule has 41 heavy (non-hydrogen) atoms. The van der Waals surface area contributed by atoms with E-state index in [-0.39, 0.29) is 17.6 Å². The van der Waals surface area contributed by atoms with E-state index in [0.717, 1.165) is 29.9 Å². The van der Waals surface area contributed by atoms with Gasteiger partial charge in [-0.25, -0.2) is 0 Å². The first-order valence-electron chi connectivity index (χ1n) is 13.4. The van der Waals surface area contributed by atoms with E-state index < -0.39 is 5.92 Å². The predicted octanol–water partition coefficient (Wildman–Crippen LogP) is 4.75. The van der Waals surface area contributed by atoms with Gasteiger partial charge in [0.2, 0.25) is 5.91 Å². The number of fused-ring (bicyclic) bond motifs is 1. The van der Waals surface area contributed by atoms with Gasteiger partial charge < -0.3 is 15.5 Å². The van der Waals surface area contributed by atoms with E-state index in [4.69, 9.17) is 0 Å². The summed E-state index contributed by atoms with van der Waals surface area (Å²) >= 11 is 0. The maximum absolute atomic E-state index is 13.3. The van der Waals surface area contributed by atoms with E-state index in [9.17, 15) is 14.4 Å². The van der Waals surface area contributed by atoms with Crippen LogP contribution < -0.4 is 10.6 Å². The van der Waals surface area contributed by atoms with Crippen molar-refractivity contribution in [2.24, 2.45) is 12.0 Å². The Bertz CT molecular complexity index is 1650. The van der Waals surface area contributed by atoms with Gasteiger partial charge in [-0.15, -0.1) is 0 Å². The average molecular weight is 549 g/mol. The maximum Gasteiger partial charge on any atom is 0.273 e. The molecule has 5 rings (SSSR count). The van der Waals surface area contributed by atoms with E-state index >= 15 is 0 Å². The summed E-state index contributed by atoms with van der Waals surface area (Å²) in [7, 11) is 5.80. The minimum atomic E-state index is -0.545. The number of aromatic nitrogens is 2. The SMILES string of the molecule is Cc1cc(C(=O)Nc2cccc(C(=O)c3ccc4c(c3)NC(=O)C4C=Nc3ccc(CCN(C)C)cc3)c2)n(C)n1. The highest BCUT2D eigenvalue weighted by Gasteiger charge is 2.30. The van der Waals surface area contributed by atoms with Crippen LogP contribution in [-0.4, -0.2) is 59.1 Å². The molecule has 9 heteroatoms. The lowest BCUT2D eigenvalue weighted by atomic mass is 9.97. The number of aliphatic imine (C=N–C) groups is 1.